The molecule has 4 aromatic heterocycles. The Balaban J connectivity index is 1.22. The molecule has 12 rings (SSSR count). The van der Waals surface area contributed by atoms with Crippen LogP contribution in [-0.2, 0) is 0 Å². The molecule has 0 unspecified atom stereocenters. The Kier molecular flexibility index (Phi) is 8.32. The van der Waals surface area contributed by atoms with Gasteiger partial charge in [-0.2, -0.15) is 0 Å². The molecule has 0 saturated carbocycles. The molecule has 0 atom stereocenters. The Morgan fingerprint density at radius 1 is 0.381 bits per heavy atom. The van der Waals surface area contributed by atoms with Gasteiger partial charge in [0.1, 0.15) is 58.2 Å². The Morgan fingerprint density at radius 2 is 0.889 bits per heavy atom. The van der Waals surface area contributed by atoms with Gasteiger partial charge in [0.2, 0.25) is 0 Å². The molecule has 0 amide bonds. The van der Waals surface area contributed by atoms with E-state index in [1.54, 1.807) is 12.1 Å². The third kappa shape index (κ3) is 5.63. The summed E-state index contributed by atoms with van der Waals surface area (Å²) in [6.07, 6.45) is 0. The van der Waals surface area contributed by atoms with E-state index in [2.05, 4.69) is 21.3 Å². The minimum atomic E-state index is 0.379. The average Bonchev–Trinajstić information content (AvgIpc) is 3.97. The fourth-order valence-corrected chi connectivity index (χ4v) is 9.35. The molecule has 278 valence electrons. The van der Waals surface area contributed by atoms with Crippen LogP contribution in [-0.4, -0.2) is 71.2 Å². The monoisotopic (exact) mass is 789 g/mol. The van der Waals surface area contributed by atoms with Gasteiger partial charge in [0.05, 0.1) is 22.1 Å². The first-order valence-corrected chi connectivity index (χ1v) is 20.3. The van der Waals surface area contributed by atoms with E-state index in [1.807, 2.05) is 127 Å². The Hall–Kier alpha value is -7.44. The fraction of sp³-hybridized carbons (Fsp3) is 0. The van der Waals surface area contributed by atoms with Gasteiger partial charge in [-0.25, -0.2) is 15.0 Å². The van der Waals surface area contributed by atoms with Crippen LogP contribution in [0.2, 0.25) is 0 Å². The molecule has 63 heavy (non-hydrogen) atoms. The molecule has 0 aliphatic carbocycles. The second-order valence-corrected chi connectivity index (χ2v) is 15.8. The summed E-state index contributed by atoms with van der Waals surface area (Å²) in [7, 11) is 41.4. The second-order valence-electron chi connectivity index (χ2n) is 15.8. The van der Waals surface area contributed by atoms with E-state index < -0.39 is 0 Å². The fourth-order valence-electron chi connectivity index (χ4n) is 9.35. The number of para-hydroxylation sites is 1. The second kappa shape index (κ2) is 14.0. The molecular formula is C51H25B6N5O. The maximum Gasteiger partial charge on any atom is 0.164 e. The van der Waals surface area contributed by atoms with Crippen molar-refractivity contribution in [1.82, 2.24) is 24.1 Å². The van der Waals surface area contributed by atoms with Crippen LogP contribution in [0.25, 0.3) is 111 Å². The van der Waals surface area contributed by atoms with Crippen LogP contribution in [0.4, 0.5) is 0 Å². The van der Waals surface area contributed by atoms with Crippen LogP contribution in [0, 0.1) is 0 Å². The summed E-state index contributed by atoms with van der Waals surface area (Å²) in [5.41, 5.74) is 11.2. The number of hydrogen-bond acceptors (Lipinski definition) is 4. The third-order valence-corrected chi connectivity index (χ3v) is 12.0. The number of furan rings is 1. The number of benzene rings is 8. The highest BCUT2D eigenvalue weighted by molar-refractivity contribution is 6.61. The molecule has 0 saturated heterocycles. The molecule has 0 aliphatic rings. The molecule has 0 fully saturated rings. The number of fused-ring (bicyclic) bond motifs is 10. The van der Waals surface area contributed by atoms with Crippen LogP contribution < -0.4 is 32.8 Å². The first-order chi connectivity index (χ1) is 30.7. The number of hydrogen-bond donors (Lipinski definition) is 0. The maximum atomic E-state index is 7.20. The molecule has 12 radical (unpaired) electrons. The highest BCUT2D eigenvalue weighted by Crippen LogP contribution is 2.42. The molecule has 0 bridgehead atoms. The van der Waals surface area contributed by atoms with Crippen molar-refractivity contribution in [2.45, 2.75) is 0 Å². The van der Waals surface area contributed by atoms with E-state index in [0.717, 1.165) is 66.2 Å². The zero-order valence-electron chi connectivity index (χ0n) is 33.5. The van der Waals surface area contributed by atoms with Crippen LogP contribution in [0.15, 0.2) is 156 Å². The van der Waals surface area contributed by atoms with Crippen LogP contribution in [0.1, 0.15) is 0 Å². The van der Waals surface area contributed by atoms with E-state index in [1.165, 1.54) is 0 Å². The topological polar surface area (TPSA) is 61.7 Å². The van der Waals surface area contributed by atoms with Crippen molar-refractivity contribution in [3.05, 3.63) is 152 Å². The summed E-state index contributed by atoms with van der Waals surface area (Å²) >= 11 is 0. The summed E-state index contributed by atoms with van der Waals surface area (Å²) < 4.78 is 10.9. The van der Waals surface area contributed by atoms with Crippen molar-refractivity contribution >= 4 is 145 Å². The van der Waals surface area contributed by atoms with E-state index in [-0.39, 0.29) is 0 Å². The first-order valence-electron chi connectivity index (χ1n) is 20.3. The van der Waals surface area contributed by atoms with Crippen molar-refractivity contribution in [3.8, 4) is 45.5 Å². The normalized spacial score (nSPS) is 11.9. The lowest BCUT2D eigenvalue weighted by Crippen LogP contribution is -2.27. The quantitative estimate of drug-likeness (QED) is 0.209. The van der Waals surface area contributed by atoms with Gasteiger partial charge in [0.25, 0.3) is 0 Å². The maximum absolute atomic E-state index is 7.20. The van der Waals surface area contributed by atoms with E-state index in [0.29, 0.717) is 77.7 Å². The van der Waals surface area contributed by atoms with Gasteiger partial charge in [0, 0.05) is 60.3 Å². The SMILES string of the molecule is [B]c1cc([B])c2c(c1)c1c([B])c([B])c3c4cc([B])cc([B])c4n(-c4cccc5oc6ccc(-c7nc(-c8ccccc8)nc(-c8ccccc8)n7)cc6c45)c3c1n2-c1ccccc1. The summed E-state index contributed by atoms with van der Waals surface area (Å²) in [5, 5.41) is 4.57. The Bertz CT molecular complexity index is 3810. The van der Waals surface area contributed by atoms with Crippen molar-refractivity contribution in [2.75, 3.05) is 0 Å². The largest absolute Gasteiger partial charge is 0.456 e. The molecule has 12 heteroatoms. The molecule has 6 nitrogen and oxygen atoms in total. The minimum Gasteiger partial charge on any atom is -0.456 e. The Morgan fingerprint density at radius 3 is 1.46 bits per heavy atom. The van der Waals surface area contributed by atoms with Gasteiger partial charge in [-0.3, -0.25) is 0 Å². The van der Waals surface area contributed by atoms with Crippen molar-refractivity contribution < 1.29 is 4.42 Å². The van der Waals surface area contributed by atoms with Crippen LogP contribution >= 0.6 is 0 Å². The number of aromatic nitrogens is 5. The third-order valence-electron chi connectivity index (χ3n) is 12.0. The highest BCUT2D eigenvalue weighted by Gasteiger charge is 2.27. The highest BCUT2D eigenvalue weighted by atomic mass is 16.3. The lowest BCUT2D eigenvalue weighted by Gasteiger charge is -2.16. The van der Waals surface area contributed by atoms with Crippen LogP contribution in [0.5, 0.6) is 0 Å². The standard InChI is InChI=1S/C51H25B6N5O/c52-29-22-33-41-43(56)44(57)42-34-23-30(53)25-36(55)46(34)62(48(42)47(41)61(45(33)35(54)24-29)31-15-8-3-9-16-31)37-17-10-18-39-40(37)32-21-28(19-20-38(32)63-39)51-59-49(26-11-4-1-5-12-26)58-50(60-51)27-13-6-2-7-14-27/h1-25H. The van der Waals surface area contributed by atoms with E-state index in [4.69, 9.17) is 66.4 Å². The minimum absolute atomic E-state index is 0.379. The predicted octanol–water partition coefficient (Wildman–Crippen LogP) is 5.73. The van der Waals surface area contributed by atoms with Gasteiger partial charge < -0.3 is 13.6 Å². The van der Waals surface area contributed by atoms with Gasteiger partial charge in [-0.15, -0.1) is 0 Å². The lowest BCUT2D eigenvalue weighted by molar-refractivity contribution is 0.669. The summed E-state index contributed by atoms with van der Waals surface area (Å²) in [6.45, 7) is 0. The first kappa shape index (κ1) is 37.3. The predicted molar refractivity (Wildman–Crippen MR) is 264 cm³/mol. The number of nitrogens with zero attached hydrogens (tertiary/aromatic N) is 5. The zero-order valence-corrected chi connectivity index (χ0v) is 33.5. The lowest BCUT2D eigenvalue weighted by atomic mass is 9.74. The van der Waals surface area contributed by atoms with Gasteiger partial charge in [-0.1, -0.05) is 142 Å². The van der Waals surface area contributed by atoms with Gasteiger partial charge in [-0.05, 0) is 42.5 Å². The smallest absolute Gasteiger partial charge is 0.164 e. The molecule has 12 aromatic rings. The van der Waals surface area contributed by atoms with Crippen LogP contribution in [0.3, 0.4) is 0 Å². The zero-order chi connectivity index (χ0) is 42.7. The molecule has 8 aromatic carbocycles. The van der Waals surface area contributed by atoms with Crippen molar-refractivity contribution in [1.29, 1.82) is 0 Å². The molecular weight excluding hydrogens is 763 g/mol. The average molecular weight is 789 g/mol. The van der Waals surface area contributed by atoms with Crippen molar-refractivity contribution in [2.24, 2.45) is 0 Å². The van der Waals surface area contributed by atoms with Crippen molar-refractivity contribution in [3.63, 3.8) is 0 Å². The molecule has 0 N–H and O–H groups in total. The van der Waals surface area contributed by atoms with Gasteiger partial charge >= 0.3 is 0 Å². The van der Waals surface area contributed by atoms with E-state index in [9.17, 15) is 0 Å². The Labute approximate surface area is 369 Å². The molecule has 4 heterocycles. The summed E-state index contributed by atoms with van der Waals surface area (Å²) in [4.78, 5) is 15.0. The molecule has 0 spiro atoms. The number of rotatable bonds is 5. The molecule has 0 aliphatic heterocycles. The van der Waals surface area contributed by atoms with Gasteiger partial charge in [0.15, 0.2) is 17.5 Å². The summed E-state index contributed by atoms with van der Waals surface area (Å²) in [6, 6.07) is 49.2. The summed E-state index contributed by atoms with van der Waals surface area (Å²) in [5.74, 6) is 1.64. The van der Waals surface area contributed by atoms with E-state index >= 15 is 0 Å².